The van der Waals surface area contributed by atoms with Crippen molar-refractivity contribution >= 4 is 17.1 Å². The van der Waals surface area contributed by atoms with Gasteiger partial charge in [0.1, 0.15) is 11.3 Å². The van der Waals surface area contributed by atoms with Gasteiger partial charge in [-0.05, 0) is 12.0 Å². The van der Waals surface area contributed by atoms with Gasteiger partial charge in [0.15, 0.2) is 5.65 Å². The SMILES string of the molecule is CC(C)Cc1ncc2c(n1)CN(C(=O)c1cnc3c(c1)ncn3C)C2. The minimum atomic E-state index is -0.0523. The van der Waals surface area contributed by atoms with Gasteiger partial charge in [0.2, 0.25) is 0 Å². The van der Waals surface area contributed by atoms with E-state index < -0.39 is 0 Å². The maximum atomic E-state index is 12.8. The molecule has 7 nitrogen and oxygen atoms in total. The lowest BCUT2D eigenvalue weighted by Crippen LogP contribution is -2.25. The number of rotatable bonds is 3. The van der Waals surface area contributed by atoms with Gasteiger partial charge in [-0.2, -0.15) is 0 Å². The summed E-state index contributed by atoms with van der Waals surface area (Å²) in [5.41, 5.74) is 4.02. The Balaban J connectivity index is 1.56. The smallest absolute Gasteiger partial charge is 0.256 e. The second kappa shape index (κ2) is 5.91. The standard InChI is InChI=1S/C18H20N6O/c1-11(2)4-16-19-7-13-8-24(9-15(13)22-16)18(25)12-5-14-17(20-6-12)23(3)10-21-14/h5-7,10-11H,4,8-9H2,1-3H3. The van der Waals surface area contributed by atoms with Gasteiger partial charge in [0.05, 0.1) is 24.1 Å². The third-order valence-corrected chi connectivity index (χ3v) is 4.38. The van der Waals surface area contributed by atoms with Gasteiger partial charge < -0.3 is 9.47 Å². The highest BCUT2D eigenvalue weighted by molar-refractivity contribution is 5.96. The van der Waals surface area contributed by atoms with Crippen LogP contribution >= 0.6 is 0 Å². The van der Waals surface area contributed by atoms with Crippen LogP contribution in [0.15, 0.2) is 24.8 Å². The van der Waals surface area contributed by atoms with E-state index in [1.54, 1.807) is 23.5 Å². The monoisotopic (exact) mass is 336 g/mol. The molecular weight excluding hydrogens is 316 g/mol. The number of fused-ring (bicyclic) bond motifs is 2. The molecule has 4 heterocycles. The molecule has 0 saturated carbocycles. The molecule has 0 saturated heterocycles. The average molecular weight is 336 g/mol. The number of aryl methyl sites for hydroxylation is 1. The zero-order chi connectivity index (χ0) is 17.6. The van der Waals surface area contributed by atoms with E-state index in [9.17, 15) is 4.79 Å². The molecule has 0 bridgehead atoms. The van der Waals surface area contributed by atoms with Crippen LogP contribution in [0.3, 0.4) is 0 Å². The largest absolute Gasteiger partial charge is 0.328 e. The van der Waals surface area contributed by atoms with Gasteiger partial charge in [-0.1, -0.05) is 13.8 Å². The molecule has 7 heteroatoms. The Morgan fingerprint density at radius 2 is 2.04 bits per heavy atom. The number of carbonyl (C=O) groups is 1. The first-order valence-electron chi connectivity index (χ1n) is 8.41. The van der Waals surface area contributed by atoms with E-state index >= 15 is 0 Å². The van der Waals surface area contributed by atoms with E-state index in [1.165, 1.54) is 0 Å². The lowest BCUT2D eigenvalue weighted by atomic mass is 10.1. The highest BCUT2D eigenvalue weighted by Crippen LogP contribution is 2.23. The summed E-state index contributed by atoms with van der Waals surface area (Å²) < 4.78 is 1.83. The fourth-order valence-corrected chi connectivity index (χ4v) is 3.12. The summed E-state index contributed by atoms with van der Waals surface area (Å²) in [6.07, 6.45) is 6.02. The third kappa shape index (κ3) is 2.86. The molecule has 3 aromatic rings. The Labute approximate surface area is 145 Å². The Kier molecular flexibility index (Phi) is 3.71. The molecule has 0 aromatic carbocycles. The Hall–Kier alpha value is -2.83. The first kappa shape index (κ1) is 15.7. The minimum Gasteiger partial charge on any atom is -0.328 e. The van der Waals surface area contributed by atoms with Crippen LogP contribution in [0.2, 0.25) is 0 Å². The van der Waals surface area contributed by atoms with Crippen LogP contribution in [0, 0.1) is 5.92 Å². The quantitative estimate of drug-likeness (QED) is 0.732. The molecule has 0 radical (unpaired) electrons. The molecule has 1 amide bonds. The molecule has 1 aliphatic rings. The van der Waals surface area contributed by atoms with Crippen molar-refractivity contribution in [2.45, 2.75) is 33.4 Å². The van der Waals surface area contributed by atoms with Crippen LogP contribution in [0.1, 0.15) is 41.3 Å². The second-order valence-electron chi connectivity index (χ2n) is 6.94. The first-order chi connectivity index (χ1) is 12.0. The van der Waals surface area contributed by atoms with Gasteiger partial charge in [-0.25, -0.2) is 19.9 Å². The summed E-state index contributed by atoms with van der Waals surface area (Å²) in [5, 5.41) is 0. The molecule has 25 heavy (non-hydrogen) atoms. The van der Waals surface area contributed by atoms with E-state index in [-0.39, 0.29) is 5.91 Å². The van der Waals surface area contributed by atoms with Crippen LogP contribution in [0.25, 0.3) is 11.2 Å². The van der Waals surface area contributed by atoms with E-state index in [4.69, 9.17) is 0 Å². The minimum absolute atomic E-state index is 0.0523. The maximum Gasteiger partial charge on any atom is 0.256 e. The van der Waals surface area contributed by atoms with Gasteiger partial charge in [0.25, 0.3) is 5.91 Å². The molecule has 0 aliphatic carbocycles. The number of pyridine rings is 1. The number of imidazole rings is 1. The van der Waals surface area contributed by atoms with Crippen molar-refractivity contribution < 1.29 is 4.79 Å². The number of hydrogen-bond acceptors (Lipinski definition) is 5. The number of nitrogens with zero attached hydrogens (tertiary/aromatic N) is 6. The Morgan fingerprint density at radius 1 is 1.20 bits per heavy atom. The molecule has 0 fully saturated rings. The van der Waals surface area contributed by atoms with Crippen molar-refractivity contribution in [1.82, 2.24) is 29.4 Å². The summed E-state index contributed by atoms with van der Waals surface area (Å²) >= 11 is 0. The normalized spacial score (nSPS) is 13.7. The molecule has 1 aliphatic heterocycles. The van der Waals surface area contributed by atoms with Gasteiger partial charge >= 0.3 is 0 Å². The molecule has 0 spiro atoms. The Bertz CT molecular complexity index is 961. The summed E-state index contributed by atoms with van der Waals surface area (Å²) in [6.45, 7) is 5.35. The number of aromatic nitrogens is 5. The van der Waals surface area contributed by atoms with E-state index in [0.29, 0.717) is 24.6 Å². The van der Waals surface area contributed by atoms with Crippen LogP contribution in [0.5, 0.6) is 0 Å². The van der Waals surface area contributed by atoms with Crippen molar-refractivity contribution in [3.63, 3.8) is 0 Å². The van der Waals surface area contributed by atoms with Crippen molar-refractivity contribution in [2.75, 3.05) is 0 Å². The highest BCUT2D eigenvalue weighted by Gasteiger charge is 2.26. The molecule has 0 atom stereocenters. The van der Waals surface area contributed by atoms with Gasteiger partial charge in [-0.3, -0.25) is 4.79 Å². The summed E-state index contributed by atoms with van der Waals surface area (Å²) in [6, 6.07) is 1.80. The summed E-state index contributed by atoms with van der Waals surface area (Å²) in [4.78, 5) is 32.3. The van der Waals surface area contributed by atoms with Crippen molar-refractivity contribution in [3.8, 4) is 0 Å². The van der Waals surface area contributed by atoms with Crippen LogP contribution in [0.4, 0.5) is 0 Å². The molecule has 128 valence electrons. The zero-order valence-electron chi connectivity index (χ0n) is 14.6. The van der Waals surface area contributed by atoms with E-state index in [1.807, 2.05) is 17.8 Å². The number of carbonyl (C=O) groups excluding carboxylic acids is 1. The van der Waals surface area contributed by atoms with E-state index in [0.717, 1.165) is 34.7 Å². The molecule has 0 N–H and O–H groups in total. The lowest BCUT2D eigenvalue weighted by molar-refractivity contribution is 0.0750. The lowest BCUT2D eigenvalue weighted by Gasteiger charge is -2.14. The van der Waals surface area contributed by atoms with Crippen molar-refractivity contribution in [2.24, 2.45) is 13.0 Å². The number of hydrogen-bond donors (Lipinski definition) is 0. The van der Waals surface area contributed by atoms with E-state index in [2.05, 4.69) is 33.8 Å². The molecular formula is C18H20N6O. The second-order valence-corrected chi connectivity index (χ2v) is 6.94. The summed E-state index contributed by atoms with van der Waals surface area (Å²) in [5.74, 6) is 1.30. The van der Waals surface area contributed by atoms with Crippen LogP contribution in [-0.2, 0) is 26.6 Å². The summed E-state index contributed by atoms with van der Waals surface area (Å²) in [7, 11) is 1.88. The molecule has 0 unspecified atom stereocenters. The fraction of sp³-hybridized carbons (Fsp3) is 0.389. The fourth-order valence-electron chi connectivity index (χ4n) is 3.12. The zero-order valence-corrected chi connectivity index (χ0v) is 14.6. The maximum absolute atomic E-state index is 12.8. The third-order valence-electron chi connectivity index (χ3n) is 4.38. The van der Waals surface area contributed by atoms with Crippen molar-refractivity contribution in [1.29, 1.82) is 0 Å². The predicted octanol–water partition coefficient (Wildman–Crippen LogP) is 2.11. The van der Waals surface area contributed by atoms with Crippen LogP contribution < -0.4 is 0 Å². The van der Waals surface area contributed by atoms with Gasteiger partial charge in [0, 0.05) is 38.0 Å². The van der Waals surface area contributed by atoms with Crippen molar-refractivity contribution in [3.05, 3.63) is 47.4 Å². The first-order valence-corrected chi connectivity index (χ1v) is 8.41. The van der Waals surface area contributed by atoms with Crippen LogP contribution in [-0.4, -0.2) is 35.3 Å². The van der Waals surface area contributed by atoms with Gasteiger partial charge in [-0.15, -0.1) is 0 Å². The average Bonchev–Trinajstić information content (AvgIpc) is 3.17. The molecule has 4 rings (SSSR count). The highest BCUT2D eigenvalue weighted by atomic mass is 16.2. The Morgan fingerprint density at radius 3 is 2.84 bits per heavy atom. The molecule has 3 aromatic heterocycles. The topological polar surface area (TPSA) is 76.8 Å². The number of amides is 1. The predicted molar refractivity (Wildman–Crippen MR) is 92.7 cm³/mol.